The van der Waals surface area contributed by atoms with Crippen molar-refractivity contribution in [2.45, 2.75) is 38.1 Å². The van der Waals surface area contributed by atoms with E-state index in [1.165, 1.54) is 12.1 Å². The van der Waals surface area contributed by atoms with Gasteiger partial charge in [0.15, 0.2) is 6.29 Å². The summed E-state index contributed by atoms with van der Waals surface area (Å²) < 4.78 is 0. The predicted octanol–water partition coefficient (Wildman–Crippen LogP) is 0.701. The van der Waals surface area contributed by atoms with Gasteiger partial charge in [0, 0.05) is 30.6 Å². The second kappa shape index (κ2) is 9.46. The SMILES string of the molecule is O=Cc1ccc(NCCCCC(=O)O)cc1C(=O)NC1CCC(=O)NC1=O. The summed E-state index contributed by atoms with van der Waals surface area (Å²) in [7, 11) is 0. The second-order valence-corrected chi connectivity index (χ2v) is 6.17. The number of imide groups is 1. The fourth-order valence-corrected chi connectivity index (χ4v) is 2.67. The number of amides is 3. The normalized spacial score (nSPS) is 16.4. The van der Waals surface area contributed by atoms with E-state index in [0.717, 1.165) is 0 Å². The summed E-state index contributed by atoms with van der Waals surface area (Å²) in [6.07, 6.45) is 2.14. The fourth-order valence-electron chi connectivity index (χ4n) is 2.67. The molecule has 1 saturated heterocycles. The molecule has 144 valence electrons. The molecule has 1 aromatic carbocycles. The minimum absolute atomic E-state index is 0.0887. The van der Waals surface area contributed by atoms with Crippen molar-refractivity contribution in [3.63, 3.8) is 0 Å². The van der Waals surface area contributed by atoms with Gasteiger partial charge in [-0.05, 0) is 37.5 Å². The molecule has 9 nitrogen and oxygen atoms in total. The van der Waals surface area contributed by atoms with Crippen LogP contribution >= 0.6 is 0 Å². The Bertz CT molecular complexity index is 761. The van der Waals surface area contributed by atoms with Gasteiger partial charge in [-0.1, -0.05) is 0 Å². The van der Waals surface area contributed by atoms with Gasteiger partial charge in [-0.15, -0.1) is 0 Å². The summed E-state index contributed by atoms with van der Waals surface area (Å²) in [5.41, 5.74) is 0.894. The molecule has 0 radical (unpaired) electrons. The van der Waals surface area contributed by atoms with Crippen LogP contribution in [0.5, 0.6) is 0 Å². The quantitative estimate of drug-likeness (QED) is 0.283. The summed E-state index contributed by atoms with van der Waals surface area (Å²) in [4.78, 5) is 57.1. The van der Waals surface area contributed by atoms with Crippen molar-refractivity contribution in [2.75, 3.05) is 11.9 Å². The molecule has 1 fully saturated rings. The Morgan fingerprint density at radius 2 is 2.04 bits per heavy atom. The molecule has 27 heavy (non-hydrogen) atoms. The third kappa shape index (κ3) is 5.91. The van der Waals surface area contributed by atoms with E-state index in [2.05, 4.69) is 16.0 Å². The summed E-state index contributed by atoms with van der Waals surface area (Å²) in [6.45, 7) is 0.516. The number of carboxylic acids is 1. The first-order chi connectivity index (χ1) is 12.9. The molecule has 0 bridgehead atoms. The van der Waals surface area contributed by atoms with Crippen LogP contribution in [0.1, 0.15) is 52.8 Å². The average molecular weight is 375 g/mol. The molecule has 1 aliphatic rings. The van der Waals surface area contributed by atoms with Crippen molar-refractivity contribution in [2.24, 2.45) is 0 Å². The number of hydrogen-bond donors (Lipinski definition) is 4. The van der Waals surface area contributed by atoms with Gasteiger partial charge in [-0.25, -0.2) is 0 Å². The van der Waals surface area contributed by atoms with Crippen LogP contribution in [0.2, 0.25) is 0 Å². The molecule has 4 N–H and O–H groups in total. The molecule has 0 aromatic heterocycles. The number of aliphatic carboxylic acids is 1. The van der Waals surface area contributed by atoms with Gasteiger partial charge in [0.25, 0.3) is 5.91 Å². The van der Waals surface area contributed by atoms with Crippen LogP contribution in [-0.4, -0.2) is 47.7 Å². The standard InChI is InChI=1S/C18H21N3O6/c22-10-11-4-5-12(19-8-2-1-3-16(24)25)9-13(11)17(26)20-14-6-7-15(23)21-18(14)27/h4-5,9-10,14,19H,1-3,6-8H2,(H,20,26)(H,24,25)(H,21,23,27). The third-order valence-electron chi connectivity index (χ3n) is 4.12. The first-order valence-electron chi connectivity index (χ1n) is 8.60. The number of aldehydes is 1. The Morgan fingerprint density at radius 1 is 1.26 bits per heavy atom. The lowest BCUT2D eigenvalue weighted by Crippen LogP contribution is -2.52. The third-order valence-corrected chi connectivity index (χ3v) is 4.12. The zero-order valence-corrected chi connectivity index (χ0v) is 14.6. The van der Waals surface area contributed by atoms with E-state index in [-0.39, 0.29) is 36.3 Å². The van der Waals surface area contributed by atoms with Gasteiger partial charge in [-0.2, -0.15) is 0 Å². The van der Waals surface area contributed by atoms with Crippen molar-refractivity contribution in [1.82, 2.24) is 10.6 Å². The van der Waals surface area contributed by atoms with Crippen LogP contribution in [0.15, 0.2) is 18.2 Å². The molecule has 0 saturated carbocycles. The van der Waals surface area contributed by atoms with E-state index < -0.39 is 23.8 Å². The van der Waals surface area contributed by atoms with E-state index in [1.807, 2.05) is 0 Å². The van der Waals surface area contributed by atoms with Crippen LogP contribution in [0.3, 0.4) is 0 Å². The number of carboxylic acid groups (broad SMARTS) is 1. The maximum atomic E-state index is 12.5. The molecule has 1 aromatic rings. The van der Waals surface area contributed by atoms with Crippen molar-refractivity contribution in [1.29, 1.82) is 0 Å². The molecule has 0 aliphatic carbocycles. The van der Waals surface area contributed by atoms with Crippen LogP contribution in [0.4, 0.5) is 5.69 Å². The lowest BCUT2D eigenvalue weighted by molar-refractivity contribution is -0.137. The molecular formula is C18H21N3O6. The van der Waals surface area contributed by atoms with E-state index in [1.54, 1.807) is 6.07 Å². The van der Waals surface area contributed by atoms with Crippen LogP contribution in [0, 0.1) is 0 Å². The maximum Gasteiger partial charge on any atom is 0.303 e. The molecule has 3 amide bonds. The van der Waals surface area contributed by atoms with Crippen molar-refractivity contribution >= 4 is 35.7 Å². The van der Waals surface area contributed by atoms with Gasteiger partial charge in [0.2, 0.25) is 11.8 Å². The first-order valence-corrected chi connectivity index (χ1v) is 8.60. The molecule has 0 spiro atoms. The predicted molar refractivity (Wildman–Crippen MR) is 95.4 cm³/mol. The topological polar surface area (TPSA) is 142 Å². The Balaban J connectivity index is 2.00. The van der Waals surface area contributed by atoms with E-state index in [9.17, 15) is 24.0 Å². The maximum absolute atomic E-state index is 12.5. The number of carbonyl (C=O) groups is 5. The number of nitrogens with one attached hydrogen (secondary N) is 3. The summed E-state index contributed by atoms with van der Waals surface area (Å²) in [6, 6.07) is 3.81. The van der Waals surface area contributed by atoms with Gasteiger partial charge >= 0.3 is 5.97 Å². The highest BCUT2D eigenvalue weighted by Crippen LogP contribution is 2.16. The van der Waals surface area contributed by atoms with Gasteiger partial charge in [-0.3, -0.25) is 29.3 Å². The molecule has 9 heteroatoms. The number of carbonyl (C=O) groups excluding carboxylic acids is 4. The highest BCUT2D eigenvalue weighted by atomic mass is 16.4. The Hall–Kier alpha value is -3.23. The van der Waals surface area contributed by atoms with Crippen LogP contribution in [-0.2, 0) is 14.4 Å². The monoisotopic (exact) mass is 375 g/mol. The van der Waals surface area contributed by atoms with E-state index in [0.29, 0.717) is 31.4 Å². The highest BCUT2D eigenvalue weighted by molar-refractivity contribution is 6.06. The van der Waals surface area contributed by atoms with E-state index >= 15 is 0 Å². The van der Waals surface area contributed by atoms with E-state index in [4.69, 9.17) is 5.11 Å². The number of hydrogen-bond acceptors (Lipinski definition) is 6. The molecule has 2 rings (SSSR count). The summed E-state index contributed by atoms with van der Waals surface area (Å²) in [5, 5.41) is 16.4. The number of rotatable bonds is 9. The smallest absolute Gasteiger partial charge is 0.303 e. The molecule has 1 heterocycles. The van der Waals surface area contributed by atoms with Crippen molar-refractivity contribution in [3.8, 4) is 0 Å². The number of piperidine rings is 1. The molecule has 1 atom stereocenters. The van der Waals surface area contributed by atoms with Crippen molar-refractivity contribution in [3.05, 3.63) is 29.3 Å². The number of unbranched alkanes of at least 4 members (excludes halogenated alkanes) is 1. The molecule has 1 unspecified atom stereocenters. The largest absolute Gasteiger partial charge is 0.481 e. The van der Waals surface area contributed by atoms with Gasteiger partial charge in [0.05, 0.1) is 5.56 Å². The lowest BCUT2D eigenvalue weighted by Gasteiger charge is -2.22. The van der Waals surface area contributed by atoms with Gasteiger partial charge in [0.1, 0.15) is 6.04 Å². The minimum Gasteiger partial charge on any atom is -0.481 e. The lowest BCUT2D eigenvalue weighted by atomic mass is 10.0. The average Bonchev–Trinajstić information content (AvgIpc) is 2.63. The highest BCUT2D eigenvalue weighted by Gasteiger charge is 2.28. The number of anilines is 1. The summed E-state index contributed by atoms with van der Waals surface area (Å²) >= 11 is 0. The molecule has 1 aliphatic heterocycles. The Morgan fingerprint density at radius 3 is 2.70 bits per heavy atom. The second-order valence-electron chi connectivity index (χ2n) is 6.17. The van der Waals surface area contributed by atoms with Crippen molar-refractivity contribution < 1.29 is 29.1 Å². The zero-order valence-electron chi connectivity index (χ0n) is 14.6. The number of benzene rings is 1. The van der Waals surface area contributed by atoms with Gasteiger partial charge < -0.3 is 15.7 Å². The Kier molecular flexibility index (Phi) is 7.04. The first kappa shape index (κ1) is 20.1. The van der Waals surface area contributed by atoms with Crippen LogP contribution in [0.25, 0.3) is 0 Å². The van der Waals surface area contributed by atoms with Crippen LogP contribution < -0.4 is 16.0 Å². The zero-order chi connectivity index (χ0) is 19.8. The fraction of sp³-hybridized carbons (Fsp3) is 0.389. The Labute approximate surface area is 155 Å². The molecular weight excluding hydrogens is 354 g/mol. The minimum atomic E-state index is -0.849. The summed E-state index contributed by atoms with van der Waals surface area (Å²) in [5.74, 6) is -2.38.